The van der Waals surface area contributed by atoms with Gasteiger partial charge < -0.3 is 0 Å². The second kappa shape index (κ2) is 12.2. The molecule has 59 heavy (non-hydrogen) atoms. The lowest BCUT2D eigenvalue weighted by Crippen LogP contribution is -2.26. The Kier molecular flexibility index (Phi) is 6.74. The molecule has 0 amide bonds. The van der Waals surface area contributed by atoms with Crippen LogP contribution in [0.3, 0.4) is 0 Å². The van der Waals surface area contributed by atoms with E-state index in [-0.39, 0.29) is 0 Å². The summed E-state index contributed by atoms with van der Waals surface area (Å²) in [5.74, 6) is 0. The summed E-state index contributed by atoms with van der Waals surface area (Å²) < 4.78 is 0. The molecule has 0 aromatic heterocycles. The molecule has 1 spiro atoms. The van der Waals surface area contributed by atoms with Gasteiger partial charge in [0, 0.05) is 0 Å². The molecule has 0 heterocycles. The zero-order valence-corrected chi connectivity index (χ0v) is 32.3. The van der Waals surface area contributed by atoms with Crippen molar-refractivity contribution in [2.45, 2.75) is 5.41 Å². The van der Waals surface area contributed by atoms with Crippen molar-refractivity contribution in [3.63, 3.8) is 0 Å². The van der Waals surface area contributed by atoms with Crippen molar-refractivity contribution in [1.82, 2.24) is 0 Å². The van der Waals surface area contributed by atoms with Crippen LogP contribution in [0, 0.1) is 0 Å². The van der Waals surface area contributed by atoms with E-state index in [1.807, 2.05) is 0 Å². The largest absolute Gasteiger partial charge is 0.0726 e. The highest BCUT2D eigenvalue weighted by Crippen LogP contribution is 2.65. The Labute approximate surface area is 343 Å². The summed E-state index contributed by atoms with van der Waals surface area (Å²) in [6, 6.07) is 81.9. The summed E-state index contributed by atoms with van der Waals surface area (Å²) in [4.78, 5) is 0. The molecule has 272 valence electrons. The van der Waals surface area contributed by atoms with Gasteiger partial charge in [0.25, 0.3) is 0 Å². The molecule has 0 atom stereocenters. The maximum atomic E-state index is 2.56. The zero-order valence-electron chi connectivity index (χ0n) is 32.3. The summed E-state index contributed by atoms with van der Waals surface area (Å²) >= 11 is 0. The Bertz CT molecular complexity index is 3450. The molecule has 0 N–H and O–H groups in total. The third kappa shape index (κ3) is 4.38. The molecule has 0 saturated carbocycles. The first-order chi connectivity index (χ1) is 29.3. The first-order valence-corrected chi connectivity index (χ1v) is 20.7. The van der Waals surface area contributed by atoms with Gasteiger partial charge in [-0.2, -0.15) is 0 Å². The van der Waals surface area contributed by atoms with Crippen LogP contribution in [-0.4, -0.2) is 0 Å². The number of rotatable bonds is 3. The highest BCUT2D eigenvalue weighted by Gasteiger charge is 2.52. The van der Waals surface area contributed by atoms with Crippen LogP contribution in [0.25, 0.3) is 98.7 Å². The lowest BCUT2D eigenvalue weighted by Gasteiger charge is -2.31. The monoisotopic (exact) mass is 744 g/mol. The molecule has 0 saturated heterocycles. The molecule has 0 aliphatic heterocycles. The molecular formula is C59H36. The fourth-order valence-corrected chi connectivity index (χ4v) is 11.1. The van der Waals surface area contributed by atoms with Crippen LogP contribution >= 0.6 is 0 Å². The second-order valence-electron chi connectivity index (χ2n) is 16.3. The first-order valence-electron chi connectivity index (χ1n) is 20.7. The van der Waals surface area contributed by atoms with Gasteiger partial charge in [0.2, 0.25) is 0 Å². The lowest BCUT2D eigenvalue weighted by molar-refractivity contribution is 0.796. The van der Waals surface area contributed by atoms with E-state index in [4.69, 9.17) is 0 Å². The van der Waals surface area contributed by atoms with Gasteiger partial charge in [0.05, 0.1) is 5.41 Å². The average Bonchev–Trinajstić information content (AvgIpc) is 3.76. The molecule has 0 bridgehead atoms. The van der Waals surface area contributed by atoms with Gasteiger partial charge in [-0.15, -0.1) is 0 Å². The maximum Gasteiger partial charge on any atom is 0.0726 e. The smallest absolute Gasteiger partial charge is 0.0622 e. The van der Waals surface area contributed by atoms with Gasteiger partial charge in [0.15, 0.2) is 0 Å². The zero-order chi connectivity index (χ0) is 38.7. The van der Waals surface area contributed by atoms with E-state index in [0.717, 1.165) is 0 Å². The maximum absolute atomic E-state index is 2.56. The second-order valence-corrected chi connectivity index (χ2v) is 16.3. The van der Waals surface area contributed by atoms with Crippen LogP contribution in [-0.2, 0) is 5.41 Å². The molecule has 0 radical (unpaired) electrons. The molecule has 0 unspecified atom stereocenters. The minimum Gasteiger partial charge on any atom is -0.0622 e. The van der Waals surface area contributed by atoms with E-state index < -0.39 is 5.41 Å². The molecule has 0 fully saturated rings. The molecule has 2 aliphatic rings. The van der Waals surface area contributed by atoms with E-state index in [1.54, 1.807) is 0 Å². The summed E-state index contributed by atoms with van der Waals surface area (Å²) in [5.41, 5.74) is 17.8. The SMILES string of the molecule is c1ccc(-c2c3ccccc3c(-c3cccc(-c4cc5c(c6ccccc46)-c4cc6ccccc6cc4C54c5ccccc5-c5ccccc54)c3)c3ccccc23)cc1. The van der Waals surface area contributed by atoms with Crippen molar-refractivity contribution >= 4 is 43.1 Å². The molecule has 2 aliphatic carbocycles. The molecular weight excluding hydrogens is 709 g/mol. The fourth-order valence-electron chi connectivity index (χ4n) is 11.1. The topological polar surface area (TPSA) is 0 Å². The van der Waals surface area contributed by atoms with Gasteiger partial charge in [-0.1, -0.05) is 194 Å². The van der Waals surface area contributed by atoms with Gasteiger partial charge in [-0.05, 0) is 145 Å². The van der Waals surface area contributed by atoms with Gasteiger partial charge in [0.1, 0.15) is 0 Å². The van der Waals surface area contributed by atoms with Crippen LogP contribution < -0.4 is 0 Å². The van der Waals surface area contributed by atoms with Crippen molar-refractivity contribution in [1.29, 1.82) is 0 Å². The third-order valence-electron chi connectivity index (χ3n) is 13.4. The minimum atomic E-state index is -0.460. The Morgan fingerprint density at radius 3 is 1.31 bits per heavy atom. The Balaban J connectivity index is 1.12. The predicted octanol–water partition coefficient (Wildman–Crippen LogP) is 15.6. The van der Waals surface area contributed by atoms with Crippen LogP contribution in [0.5, 0.6) is 0 Å². The quantitative estimate of drug-likeness (QED) is 0.158. The number of hydrogen-bond acceptors (Lipinski definition) is 0. The summed E-state index contributed by atoms with van der Waals surface area (Å²) in [6.07, 6.45) is 0. The molecule has 13 rings (SSSR count). The Morgan fingerprint density at radius 2 is 0.678 bits per heavy atom. The minimum absolute atomic E-state index is 0.460. The third-order valence-corrected chi connectivity index (χ3v) is 13.4. The van der Waals surface area contributed by atoms with Crippen molar-refractivity contribution < 1.29 is 0 Å². The fraction of sp³-hybridized carbons (Fsp3) is 0.0169. The van der Waals surface area contributed by atoms with Crippen LogP contribution in [0.15, 0.2) is 218 Å². The molecule has 11 aromatic rings. The van der Waals surface area contributed by atoms with Crippen molar-refractivity contribution in [2.75, 3.05) is 0 Å². The van der Waals surface area contributed by atoms with Crippen LogP contribution in [0.1, 0.15) is 22.3 Å². The molecule has 11 aromatic carbocycles. The standard InChI is InChI=1S/C59H36/c1-2-17-37(18-3-1)56-46-27-8-10-29-48(46)57(49-30-11-9-28-47(49)56)41-22-16-21-40(33-41)50-36-55-58(45-26-7-6-23-42(45)50)51-34-38-19-4-5-20-39(38)35-54(51)59(55)52-31-14-12-24-43(52)44-25-13-15-32-53(44)59/h1-36H. The van der Waals surface area contributed by atoms with E-state index in [2.05, 4.69) is 218 Å². The van der Waals surface area contributed by atoms with Crippen molar-refractivity contribution in [3.05, 3.63) is 241 Å². The first kappa shape index (κ1) is 32.5. The van der Waals surface area contributed by atoms with Gasteiger partial charge >= 0.3 is 0 Å². The highest BCUT2D eigenvalue weighted by molar-refractivity contribution is 6.22. The number of benzene rings is 11. The summed E-state index contributed by atoms with van der Waals surface area (Å²) in [6.45, 7) is 0. The van der Waals surface area contributed by atoms with Crippen LogP contribution in [0.4, 0.5) is 0 Å². The number of hydrogen-bond donors (Lipinski definition) is 0. The number of fused-ring (bicyclic) bond motifs is 15. The normalized spacial score (nSPS) is 13.2. The van der Waals surface area contributed by atoms with Gasteiger partial charge in [-0.25, -0.2) is 0 Å². The molecule has 0 nitrogen and oxygen atoms in total. The van der Waals surface area contributed by atoms with Gasteiger partial charge in [-0.3, -0.25) is 0 Å². The Morgan fingerprint density at radius 1 is 0.220 bits per heavy atom. The van der Waals surface area contributed by atoms with E-state index in [0.29, 0.717) is 0 Å². The van der Waals surface area contributed by atoms with E-state index in [1.165, 1.54) is 121 Å². The average molecular weight is 745 g/mol. The lowest BCUT2D eigenvalue weighted by atomic mass is 9.69. The van der Waals surface area contributed by atoms with E-state index >= 15 is 0 Å². The Hall–Kier alpha value is -7.54. The predicted molar refractivity (Wildman–Crippen MR) is 249 cm³/mol. The van der Waals surface area contributed by atoms with E-state index in [9.17, 15) is 0 Å². The molecule has 0 heteroatoms. The summed E-state index contributed by atoms with van der Waals surface area (Å²) in [7, 11) is 0. The van der Waals surface area contributed by atoms with Crippen LogP contribution in [0.2, 0.25) is 0 Å². The van der Waals surface area contributed by atoms with Crippen molar-refractivity contribution in [2.24, 2.45) is 0 Å². The van der Waals surface area contributed by atoms with Crippen molar-refractivity contribution in [3.8, 4) is 55.6 Å². The highest BCUT2D eigenvalue weighted by atomic mass is 14.5. The summed E-state index contributed by atoms with van der Waals surface area (Å²) in [5, 5.41) is 10.2.